The maximum Gasteiger partial charge on any atom is 0.291 e. The van der Waals surface area contributed by atoms with E-state index >= 15 is 0 Å². The summed E-state index contributed by atoms with van der Waals surface area (Å²) in [7, 11) is 0. The number of carbonyl (C=O) groups is 1. The molecule has 1 aliphatic carbocycles. The summed E-state index contributed by atoms with van der Waals surface area (Å²) in [5.41, 5.74) is 0.928. The number of aryl methyl sites for hydroxylation is 1. The molecule has 2 aliphatic heterocycles. The van der Waals surface area contributed by atoms with Crippen LogP contribution in [-0.4, -0.2) is 55.3 Å². The van der Waals surface area contributed by atoms with Gasteiger partial charge in [0.15, 0.2) is 6.39 Å². The van der Waals surface area contributed by atoms with Crippen molar-refractivity contribution >= 4 is 5.91 Å². The van der Waals surface area contributed by atoms with Gasteiger partial charge in [0.05, 0.1) is 18.9 Å². The minimum atomic E-state index is -0.0292. The smallest absolute Gasteiger partial charge is 0.291 e. The highest BCUT2D eigenvalue weighted by atomic mass is 16.5. The van der Waals surface area contributed by atoms with E-state index in [2.05, 4.69) is 4.98 Å². The van der Waals surface area contributed by atoms with E-state index in [0.717, 1.165) is 64.7 Å². The molecule has 6 heteroatoms. The second-order valence-corrected chi connectivity index (χ2v) is 7.92. The minimum Gasteiger partial charge on any atom is -0.438 e. The molecule has 6 nitrogen and oxygen atoms in total. The normalized spacial score (nSPS) is 26.1. The fourth-order valence-electron chi connectivity index (χ4n) is 4.23. The average molecular weight is 348 g/mol. The molecule has 1 aromatic rings. The number of amides is 1. The number of carbonyl (C=O) groups excluding carboxylic acids is 1. The van der Waals surface area contributed by atoms with Crippen LogP contribution in [0, 0.1) is 24.2 Å². The van der Waals surface area contributed by atoms with Crippen LogP contribution in [0.15, 0.2) is 10.8 Å². The van der Waals surface area contributed by atoms with Crippen molar-refractivity contribution in [2.75, 3.05) is 39.5 Å². The summed E-state index contributed by atoms with van der Waals surface area (Å²) in [5, 5.41) is 0. The Morgan fingerprint density at radius 2 is 2.12 bits per heavy atom. The number of ether oxygens (including phenoxy) is 2. The summed E-state index contributed by atoms with van der Waals surface area (Å²) >= 11 is 0. The van der Waals surface area contributed by atoms with Gasteiger partial charge in [0, 0.05) is 32.2 Å². The lowest BCUT2D eigenvalue weighted by atomic mass is 9.66. The molecule has 1 aromatic heterocycles. The molecule has 0 unspecified atom stereocenters. The quantitative estimate of drug-likeness (QED) is 0.818. The van der Waals surface area contributed by atoms with Crippen LogP contribution in [0.3, 0.4) is 0 Å². The van der Waals surface area contributed by atoms with Crippen LogP contribution in [-0.2, 0) is 9.47 Å². The maximum atomic E-state index is 12.6. The number of rotatable bonds is 5. The highest BCUT2D eigenvalue weighted by Gasteiger charge is 2.44. The lowest BCUT2D eigenvalue weighted by Gasteiger charge is -2.48. The zero-order valence-corrected chi connectivity index (χ0v) is 15.0. The molecule has 1 spiro atoms. The molecule has 2 saturated heterocycles. The summed E-state index contributed by atoms with van der Waals surface area (Å²) in [6, 6.07) is 0. The van der Waals surface area contributed by atoms with Crippen LogP contribution >= 0.6 is 0 Å². The van der Waals surface area contributed by atoms with Gasteiger partial charge in [-0.25, -0.2) is 4.98 Å². The SMILES string of the molecule is Cc1ncoc1C(=O)N1CCC2(CCOC[C@H]2COCC2CC2)CC1. The third kappa shape index (κ3) is 3.60. The van der Waals surface area contributed by atoms with Crippen LogP contribution in [0.25, 0.3) is 0 Å². The Labute approximate surface area is 148 Å². The molecule has 0 aromatic carbocycles. The average Bonchev–Trinajstić information content (AvgIpc) is 3.36. The van der Waals surface area contributed by atoms with Gasteiger partial charge in [-0.05, 0) is 50.4 Å². The molecule has 1 saturated carbocycles. The third-order valence-corrected chi connectivity index (χ3v) is 6.29. The topological polar surface area (TPSA) is 64.8 Å². The van der Waals surface area contributed by atoms with Crippen molar-refractivity contribution in [3.8, 4) is 0 Å². The maximum absolute atomic E-state index is 12.6. The Balaban J connectivity index is 1.36. The van der Waals surface area contributed by atoms with Gasteiger partial charge < -0.3 is 18.8 Å². The first-order valence-electron chi connectivity index (χ1n) is 9.53. The molecule has 25 heavy (non-hydrogen) atoms. The van der Waals surface area contributed by atoms with Crippen LogP contribution < -0.4 is 0 Å². The summed E-state index contributed by atoms with van der Waals surface area (Å²) in [6.45, 7) is 6.69. The molecule has 3 aliphatic rings. The summed E-state index contributed by atoms with van der Waals surface area (Å²) in [5.74, 6) is 1.60. The summed E-state index contributed by atoms with van der Waals surface area (Å²) in [4.78, 5) is 18.6. The summed E-state index contributed by atoms with van der Waals surface area (Å²) < 4.78 is 17.0. The zero-order chi connectivity index (χ0) is 17.3. The number of hydrogen-bond donors (Lipinski definition) is 0. The Hall–Kier alpha value is -1.40. The highest BCUT2D eigenvalue weighted by Crippen LogP contribution is 2.45. The minimum absolute atomic E-state index is 0.0292. The van der Waals surface area contributed by atoms with E-state index < -0.39 is 0 Å². The molecule has 0 radical (unpaired) electrons. The monoisotopic (exact) mass is 348 g/mol. The van der Waals surface area contributed by atoms with Crippen LogP contribution in [0.5, 0.6) is 0 Å². The Bertz CT molecular complexity index is 602. The van der Waals surface area contributed by atoms with Crippen LogP contribution in [0.4, 0.5) is 0 Å². The van der Waals surface area contributed by atoms with Crippen LogP contribution in [0.1, 0.15) is 48.4 Å². The van der Waals surface area contributed by atoms with Crippen molar-refractivity contribution in [1.82, 2.24) is 9.88 Å². The molecule has 3 fully saturated rings. The molecule has 4 rings (SSSR count). The predicted octanol–water partition coefficient (Wildman–Crippen LogP) is 2.67. The van der Waals surface area contributed by atoms with E-state index in [9.17, 15) is 4.79 Å². The van der Waals surface area contributed by atoms with E-state index in [1.807, 2.05) is 11.8 Å². The van der Waals surface area contributed by atoms with Crippen LogP contribution in [0.2, 0.25) is 0 Å². The standard InChI is InChI=1S/C19H28N2O4/c1-14-17(25-13-20-14)18(22)21-7-4-19(5-8-21)6-9-23-11-16(19)12-24-10-15-2-3-15/h13,15-16H,2-12H2,1H3/t16-/m0/s1. The number of nitrogens with zero attached hydrogens (tertiary/aromatic N) is 2. The first-order chi connectivity index (χ1) is 12.2. The number of hydrogen-bond acceptors (Lipinski definition) is 5. The van der Waals surface area contributed by atoms with Gasteiger partial charge in [0.1, 0.15) is 0 Å². The fourth-order valence-corrected chi connectivity index (χ4v) is 4.23. The molecule has 1 amide bonds. The Kier molecular flexibility index (Phi) is 4.82. The molecule has 0 bridgehead atoms. The van der Waals surface area contributed by atoms with E-state index in [1.54, 1.807) is 0 Å². The number of aromatic nitrogens is 1. The van der Waals surface area contributed by atoms with Crippen molar-refractivity contribution in [1.29, 1.82) is 0 Å². The summed E-state index contributed by atoms with van der Waals surface area (Å²) in [6.07, 6.45) is 7.11. The van der Waals surface area contributed by atoms with Crippen molar-refractivity contribution in [3.05, 3.63) is 17.8 Å². The molecule has 1 atom stereocenters. The Morgan fingerprint density at radius 1 is 1.32 bits per heavy atom. The van der Waals surface area contributed by atoms with Gasteiger partial charge in [-0.2, -0.15) is 0 Å². The predicted molar refractivity (Wildman–Crippen MR) is 91.3 cm³/mol. The van der Waals surface area contributed by atoms with E-state index in [-0.39, 0.29) is 11.3 Å². The second kappa shape index (κ2) is 7.08. The van der Waals surface area contributed by atoms with E-state index in [0.29, 0.717) is 17.4 Å². The lowest BCUT2D eigenvalue weighted by molar-refractivity contribution is -0.0977. The van der Waals surface area contributed by atoms with Gasteiger partial charge in [-0.15, -0.1) is 0 Å². The second-order valence-electron chi connectivity index (χ2n) is 7.92. The van der Waals surface area contributed by atoms with E-state index in [4.69, 9.17) is 13.9 Å². The van der Waals surface area contributed by atoms with Gasteiger partial charge >= 0.3 is 0 Å². The van der Waals surface area contributed by atoms with Crippen molar-refractivity contribution < 1.29 is 18.7 Å². The van der Waals surface area contributed by atoms with Crippen molar-refractivity contribution in [2.24, 2.45) is 17.3 Å². The number of oxazole rings is 1. The Morgan fingerprint density at radius 3 is 2.80 bits per heavy atom. The van der Waals surface area contributed by atoms with Crippen molar-refractivity contribution in [2.45, 2.75) is 39.0 Å². The van der Waals surface area contributed by atoms with Gasteiger partial charge in [-0.3, -0.25) is 4.79 Å². The largest absolute Gasteiger partial charge is 0.438 e. The molecule has 3 heterocycles. The third-order valence-electron chi connectivity index (χ3n) is 6.29. The van der Waals surface area contributed by atoms with Gasteiger partial charge in [-0.1, -0.05) is 0 Å². The molecule has 138 valence electrons. The number of likely N-dealkylation sites (tertiary alicyclic amines) is 1. The van der Waals surface area contributed by atoms with E-state index in [1.165, 1.54) is 19.2 Å². The highest BCUT2D eigenvalue weighted by molar-refractivity contribution is 5.92. The lowest BCUT2D eigenvalue weighted by Crippen LogP contribution is -2.50. The fraction of sp³-hybridized carbons (Fsp3) is 0.789. The molecular formula is C19H28N2O4. The zero-order valence-electron chi connectivity index (χ0n) is 15.0. The number of piperidine rings is 1. The molecule has 0 N–H and O–H groups in total. The van der Waals surface area contributed by atoms with Gasteiger partial charge in [0.25, 0.3) is 5.91 Å². The van der Waals surface area contributed by atoms with Gasteiger partial charge in [0.2, 0.25) is 5.76 Å². The molecular weight excluding hydrogens is 320 g/mol. The van der Waals surface area contributed by atoms with Crippen molar-refractivity contribution in [3.63, 3.8) is 0 Å². The first-order valence-corrected chi connectivity index (χ1v) is 9.53. The first kappa shape index (κ1) is 17.0.